The van der Waals surface area contributed by atoms with Crippen molar-refractivity contribution in [3.8, 4) is 11.4 Å². The molecule has 0 spiro atoms. The summed E-state index contributed by atoms with van der Waals surface area (Å²) < 4.78 is 10.4. The Hall–Kier alpha value is -2.94. The van der Waals surface area contributed by atoms with Crippen molar-refractivity contribution in [1.82, 2.24) is 15.0 Å². The van der Waals surface area contributed by atoms with E-state index >= 15 is 0 Å². The van der Waals surface area contributed by atoms with Gasteiger partial charge in [0.25, 0.3) is 0 Å². The number of amides is 1. The molecule has 1 saturated carbocycles. The molecule has 2 aliphatic rings. The molecule has 2 heterocycles. The van der Waals surface area contributed by atoms with Gasteiger partial charge in [0.2, 0.25) is 12.2 Å². The average molecular weight is 429 g/mol. The Morgan fingerprint density at radius 1 is 1.26 bits per heavy atom. The van der Waals surface area contributed by atoms with Crippen LogP contribution in [0.15, 0.2) is 22.7 Å². The van der Waals surface area contributed by atoms with Crippen molar-refractivity contribution in [2.24, 2.45) is 0 Å². The number of methoxy groups -OCH3 is 1. The standard InChI is InChI=1S/C17H22N6O2.C5H10O/c1-12(2)19-15-9-13(3-4-14(15)10-18)16-20-17(25-21-16)23-7-5-22(11-24)6-8-23;1-5(6-2)3-4-5/h3-4,9-12,18-19H,5-8H2,1-2H3;3-4H2,1-2H3. The molecule has 1 saturated heterocycles. The number of nitrogens with one attached hydrogen (secondary N) is 2. The maximum atomic E-state index is 10.8. The Kier molecular flexibility index (Phi) is 7.27. The van der Waals surface area contributed by atoms with Crippen LogP contribution >= 0.6 is 0 Å². The predicted octanol–water partition coefficient (Wildman–Crippen LogP) is 3.02. The third kappa shape index (κ3) is 6.04. The van der Waals surface area contributed by atoms with Crippen molar-refractivity contribution < 1.29 is 14.1 Å². The summed E-state index contributed by atoms with van der Waals surface area (Å²) in [6.45, 7) is 8.88. The second-order valence-corrected chi connectivity index (χ2v) is 8.43. The van der Waals surface area contributed by atoms with E-state index in [2.05, 4.69) is 22.4 Å². The van der Waals surface area contributed by atoms with Crippen LogP contribution in [-0.2, 0) is 9.53 Å². The molecule has 0 radical (unpaired) electrons. The van der Waals surface area contributed by atoms with Crippen molar-refractivity contribution in [1.29, 1.82) is 5.41 Å². The second kappa shape index (κ2) is 9.91. The zero-order valence-electron chi connectivity index (χ0n) is 18.7. The van der Waals surface area contributed by atoms with Crippen LogP contribution in [0.4, 0.5) is 11.7 Å². The molecule has 2 N–H and O–H groups in total. The van der Waals surface area contributed by atoms with Crippen LogP contribution in [-0.4, -0.2) is 72.6 Å². The number of carbonyl (C=O) groups is 1. The van der Waals surface area contributed by atoms with E-state index in [9.17, 15) is 4.79 Å². The van der Waals surface area contributed by atoms with E-state index < -0.39 is 0 Å². The number of hydrogen-bond donors (Lipinski definition) is 2. The van der Waals surface area contributed by atoms with E-state index in [0.29, 0.717) is 43.6 Å². The smallest absolute Gasteiger partial charge is 0.324 e. The number of nitrogens with zero attached hydrogens (tertiary/aromatic N) is 4. The first kappa shape index (κ1) is 22.7. The van der Waals surface area contributed by atoms with Crippen LogP contribution in [0.2, 0.25) is 0 Å². The summed E-state index contributed by atoms with van der Waals surface area (Å²) >= 11 is 0. The normalized spacial score (nSPS) is 17.1. The Bertz CT molecular complexity index is 885. The third-order valence-corrected chi connectivity index (χ3v) is 5.51. The lowest BCUT2D eigenvalue weighted by molar-refractivity contribution is -0.118. The molecule has 4 rings (SSSR count). The van der Waals surface area contributed by atoms with Gasteiger partial charge >= 0.3 is 6.01 Å². The van der Waals surface area contributed by atoms with E-state index in [0.717, 1.165) is 23.2 Å². The van der Waals surface area contributed by atoms with E-state index in [-0.39, 0.29) is 6.04 Å². The minimum atomic E-state index is 0.254. The van der Waals surface area contributed by atoms with Crippen molar-refractivity contribution in [3.63, 3.8) is 0 Å². The van der Waals surface area contributed by atoms with Crippen LogP contribution < -0.4 is 10.2 Å². The lowest BCUT2D eigenvalue weighted by atomic mass is 10.1. The molecule has 0 bridgehead atoms. The topological polar surface area (TPSA) is 108 Å². The Labute approximate surface area is 183 Å². The number of benzene rings is 1. The van der Waals surface area contributed by atoms with E-state index in [4.69, 9.17) is 14.7 Å². The Morgan fingerprint density at radius 2 is 1.97 bits per heavy atom. The highest BCUT2D eigenvalue weighted by atomic mass is 16.5. The Morgan fingerprint density at radius 3 is 2.48 bits per heavy atom. The molecule has 0 unspecified atom stereocenters. The molecule has 9 heteroatoms. The number of carbonyl (C=O) groups excluding carboxylic acids is 1. The Balaban J connectivity index is 0.000000391. The molecule has 1 aliphatic carbocycles. The zero-order chi connectivity index (χ0) is 22.4. The molecule has 31 heavy (non-hydrogen) atoms. The molecular formula is C22H32N6O3. The number of aromatic nitrogens is 2. The largest absolute Gasteiger partial charge is 0.382 e. The predicted molar refractivity (Wildman–Crippen MR) is 121 cm³/mol. The number of hydrogen-bond acceptors (Lipinski definition) is 8. The van der Waals surface area contributed by atoms with Crippen molar-refractivity contribution in [2.75, 3.05) is 43.5 Å². The highest BCUT2D eigenvalue weighted by Gasteiger charge is 2.36. The van der Waals surface area contributed by atoms with Crippen molar-refractivity contribution in [2.45, 2.75) is 45.3 Å². The monoisotopic (exact) mass is 428 g/mol. The molecule has 1 aromatic carbocycles. The fourth-order valence-electron chi connectivity index (χ4n) is 3.12. The maximum absolute atomic E-state index is 10.8. The van der Waals surface area contributed by atoms with Crippen molar-refractivity contribution in [3.05, 3.63) is 23.8 Å². The summed E-state index contributed by atoms with van der Waals surface area (Å²) in [4.78, 5) is 19.0. The van der Waals surface area contributed by atoms with Crippen molar-refractivity contribution >= 4 is 24.3 Å². The highest BCUT2D eigenvalue weighted by Crippen LogP contribution is 2.37. The zero-order valence-corrected chi connectivity index (χ0v) is 18.7. The molecule has 2 fully saturated rings. The summed E-state index contributed by atoms with van der Waals surface area (Å²) in [5.74, 6) is 0.510. The van der Waals surface area contributed by atoms with Gasteiger partial charge in [-0.25, -0.2) is 0 Å². The average Bonchev–Trinajstić information content (AvgIpc) is 3.33. The van der Waals surface area contributed by atoms with Gasteiger partial charge in [0.15, 0.2) is 0 Å². The van der Waals surface area contributed by atoms with Gasteiger partial charge in [0, 0.05) is 62.4 Å². The van der Waals surface area contributed by atoms with Crippen LogP contribution in [0, 0.1) is 5.41 Å². The molecule has 168 valence electrons. The first-order valence-electron chi connectivity index (χ1n) is 10.6. The minimum Gasteiger partial charge on any atom is -0.382 e. The number of anilines is 2. The van der Waals surface area contributed by atoms with Crippen LogP contribution in [0.3, 0.4) is 0 Å². The fourth-order valence-corrected chi connectivity index (χ4v) is 3.12. The number of rotatable bonds is 7. The van der Waals surface area contributed by atoms with Gasteiger partial charge in [0.05, 0.1) is 5.60 Å². The maximum Gasteiger partial charge on any atom is 0.324 e. The van der Waals surface area contributed by atoms with Crippen LogP contribution in [0.5, 0.6) is 0 Å². The first-order valence-corrected chi connectivity index (χ1v) is 10.6. The summed E-state index contributed by atoms with van der Waals surface area (Å²) in [5, 5.41) is 14.9. The SMILES string of the molecule is CC(C)Nc1cc(-c2noc(N3CCN(C=O)CC3)n2)ccc1C=N.COC1(C)CC1. The number of ether oxygens (including phenoxy) is 1. The third-order valence-electron chi connectivity index (χ3n) is 5.51. The van der Waals surface area contributed by atoms with Gasteiger partial charge in [-0.2, -0.15) is 4.98 Å². The number of piperazine rings is 1. The highest BCUT2D eigenvalue weighted by molar-refractivity contribution is 5.87. The van der Waals surface area contributed by atoms with E-state index in [1.54, 1.807) is 12.0 Å². The first-order chi connectivity index (χ1) is 14.9. The summed E-state index contributed by atoms with van der Waals surface area (Å²) in [7, 11) is 1.77. The van der Waals surface area contributed by atoms with Gasteiger partial charge in [-0.3, -0.25) is 4.79 Å². The second-order valence-electron chi connectivity index (χ2n) is 8.43. The molecule has 1 aromatic heterocycles. The molecule has 1 amide bonds. The summed E-state index contributed by atoms with van der Waals surface area (Å²) in [5.41, 5.74) is 2.80. The molecule has 9 nitrogen and oxygen atoms in total. The van der Waals surface area contributed by atoms with Crippen LogP contribution in [0.1, 0.15) is 39.2 Å². The van der Waals surface area contributed by atoms with Gasteiger partial charge in [-0.15, -0.1) is 0 Å². The van der Waals surface area contributed by atoms with Gasteiger partial charge in [0.1, 0.15) is 0 Å². The molecule has 1 aliphatic heterocycles. The fraction of sp³-hybridized carbons (Fsp3) is 0.545. The van der Waals surface area contributed by atoms with Gasteiger partial charge in [-0.05, 0) is 39.7 Å². The molecule has 2 aromatic rings. The molecule has 0 atom stereocenters. The van der Waals surface area contributed by atoms with Gasteiger partial charge < -0.3 is 29.8 Å². The minimum absolute atomic E-state index is 0.254. The van der Waals surface area contributed by atoms with Crippen LogP contribution in [0.25, 0.3) is 11.4 Å². The lowest BCUT2D eigenvalue weighted by Gasteiger charge is -2.30. The summed E-state index contributed by atoms with van der Waals surface area (Å²) in [6.07, 6.45) is 4.69. The molecular weight excluding hydrogens is 396 g/mol. The van der Waals surface area contributed by atoms with E-state index in [1.807, 2.05) is 36.9 Å². The lowest BCUT2D eigenvalue weighted by Crippen LogP contribution is -2.45. The summed E-state index contributed by atoms with van der Waals surface area (Å²) in [6, 6.07) is 6.40. The quantitative estimate of drug-likeness (QED) is 0.515. The van der Waals surface area contributed by atoms with E-state index in [1.165, 1.54) is 19.1 Å². The van der Waals surface area contributed by atoms with Gasteiger partial charge in [-0.1, -0.05) is 17.3 Å².